The number of hydrogen-bond donors (Lipinski definition) is 1. The molecular weight excluding hydrogens is 238 g/mol. The second kappa shape index (κ2) is 5.14. The van der Waals surface area contributed by atoms with E-state index >= 15 is 0 Å². The second-order valence-electron chi connectivity index (χ2n) is 2.92. The van der Waals surface area contributed by atoms with Crippen molar-refractivity contribution in [2.45, 2.75) is 5.88 Å². The smallest absolute Gasteiger partial charge is 0.123 e. The predicted octanol–water partition coefficient (Wildman–Crippen LogP) is 3.38. The monoisotopic (exact) mass is 246 g/mol. The van der Waals surface area contributed by atoms with Crippen LogP contribution in [0, 0.1) is 5.82 Å². The Hall–Kier alpha value is -1.06. The van der Waals surface area contributed by atoms with Gasteiger partial charge in [-0.3, -0.25) is 5.10 Å². The summed E-state index contributed by atoms with van der Waals surface area (Å²) in [5.41, 5.74) is 2.51. The van der Waals surface area contributed by atoms with E-state index in [1.54, 1.807) is 12.1 Å². The van der Waals surface area contributed by atoms with Crippen LogP contribution in [0.4, 0.5) is 4.39 Å². The van der Waals surface area contributed by atoms with Crippen molar-refractivity contribution in [3.8, 4) is 11.3 Å². The molecule has 1 heterocycles. The zero-order valence-corrected chi connectivity index (χ0v) is 9.28. The van der Waals surface area contributed by atoms with Gasteiger partial charge in [0.2, 0.25) is 0 Å². The van der Waals surface area contributed by atoms with Crippen LogP contribution in [-0.2, 0) is 5.88 Å². The van der Waals surface area contributed by atoms with Crippen LogP contribution in [0.5, 0.6) is 0 Å². The van der Waals surface area contributed by atoms with Gasteiger partial charge in [0.05, 0.1) is 17.3 Å². The predicted molar refractivity (Wildman–Crippen MR) is 60.8 cm³/mol. The van der Waals surface area contributed by atoms with Gasteiger partial charge in [-0.2, -0.15) is 5.10 Å². The molecule has 0 fully saturated rings. The standard InChI is InChI=1S/C10H8ClFN2.ClH/c11-6-9-5-10(14-13-9)7-1-3-8(12)4-2-7;/h1-5H,6H2,(H,13,14);1H. The molecule has 1 aromatic heterocycles. The topological polar surface area (TPSA) is 28.7 Å². The van der Waals surface area contributed by atoms with Gasteiger partial charge in [0.1, 0.15) is 5.82 Å². The fraction of sp³-hybridized carbons (Fsp3) is 0.100. The van der Waals surface area contributed by atoms with Crippen LogP contribution in [0.3, 0.4) is 0 Å². The van der Waals surface area contributed by atoms with Crippen molar-refractivity contribution >= 4 is 24.0 Å². The van der Waals surface area contributed by atoms with E-state index < -0.39 is 0 Å². The van der Waals surface area contributed by atoms with Crippen molar-refractivity contribution in [1.29, 1.82) is 0 Å². The van der Waals surface area contributed by atoms with Gasteiger partial charge >= 0.3 is 0 Å². The number of nitrogens with one attached hydrogen (secondary N) is 1. The third-order valence-corrected chi connectivity index (χ3v) is 2.20. The molecular formula is C10H9Cl2FN2. The molecule has 0 amide bonds. The molecule has 15 heavy (non-hydrogen) atoms. The van der Waals surface area contributed by atoms with Gasteiger partial charge in [-0.1, -0.05) is 0 Å². The molecule has 1 N–H and O–H groups in total. The minimum absolute atomic E-state index is 0. The molecule has 2 nitrogen and oxygen atoms in total. The van der Waals surface area contributed by atoms with E-state index in [-0.39, 0.29) is 18.2 Å². The summed E-state index contributed by atoms with van der Waals surface area (Å²) in [7, 11) is 0. The molecule has 0 saturated carbocycles. The summed E-state index contributed by atoms with van der Waals surface area (Å²) < 4.78 is 12.6. The van der Waals surface area contributed by atoms with E-state index in [0.717, 1.165) is 17.0 Å². The molecule has 0 saturated heterocycles. The number of nitrogens with zero attached hydrogens (tertiary/aromatic N) is 1. The Morgan fingerprint density at radius 3 is 2.47 bits per heavy atom. The first-order valence-corrected chi connectivity index (χ1v) is 4.69. The summed E-state index contributed by atoms with van der Waals surface area (Å²) in [6.07, 6.45) is 0. The number of aromatic nitrogens is 2. The van der Waals surface area contributed by atoms with Crippen molar-refractivity contribution in [3.63, 3.8) is 0 Å². The highest BCUT2D eigenvalue weighted by Gasteiger charge is 2.02. The van der Waals surface area contributed by atoms with Gasteiger partial charge in [-0.25, -0.2) is 4.39 Å². The molecule has 0 aliphatic carbocycles. The molecule has 0 bridgehead atoms. The SMILES string of the molecule is Cl.Fc1ccc(-c2cc(CCl)[nH]n2)cc1. The lowest BCUT2D eigenvalue weighted by Gasteiger charge is -1.94. The lowest BCUT2D eigenvalue weighted by Crippen LogP contribution is -1.78. The highest BCUT2D eigenvalue weighted by Crippen LogP contribution is 2.18. The average Bonchev–Trinajstić information content (AvgIpc) is 2.67. The van der Waals surface area contributed by atoms with Crippen molar-refractivity contribution in [3.05, 3.63) is 41.8 Å². The molecule has 0 aliphatic heterocycles. The minimum atomic E-state index is -0.248. The maximum atomic E-state index is 12.6. The first-order chi connectivity index (χ1) is 6.79. The van der Waals surface area contributed by atoms with Crippen LogP contribution in [0.15, 0.2) is 30.3 Å². The lowest BCUT2D eigenvalue weighted by atomic mass is 10.1. The molecule has 2 aromatic rings. The Balaban J connectivity index is 0.00000112. The van der Waals surface area contributed by atoms with E-state index in [4.69, 9.17) is 11.6 Å². The summed E-state index contributed by atoms with van der Waals surface area (Å²) in [5.74, 6) is 0.149. The van der Waals surface area contributed by atoms with Crippen molar-refractivity contribution < 1.29 is 4.39 Å². The largest absolute Gasteiger partial charge is 0.281 e. The van der Waals surface area contributed by atoms with Crippen molar-refractivity contribution in [2.75, 3.05) is 0 Å². The van der Waals surface area contributed by atoms with E-state index in [0.29, 0.717) is 5.88 Å². The van der Waals surface area contributed by atoms with Crippen LogP contribution in [-0.4, -0.2) is 10.2 Å². The zero-order chi connectivity index (χ0) is 9.97. The summed E-state index contributed by atoms with van der Waals surface area (Å²) in [5, 5.41) is 6.85. The van der Waals surface area contributed by atoms with Crippen molar-refractivity contribution in [1.82, 2.24) is 10.2 Å². The quantitative estimate of drug-likeness (QED) is 0.809. The van der Waals surface area contributed by atoms with Crippen LogP contribution >= 0.6 is 24.0 Å². The van der Waals surface area contributed by atoms with Gasteiger partial charge in [0.25, 0.3) is 0 Å². The molecule has 2 rings (SSSR count). The molecule has 80 valence electrons. The number of halogens is 3. The van der Waals surface area contributed by atoms with Gasteiger partial charge in [-0.15, -0.1) is 24.0 Å². The van der Waals surface area contributed by atoms with Crippen LogP contribution in [0.1, 0.15) is 5.69 Å². The second-order valence-corrected chi connectivity index (χ2v) is 3.19. The Kier molecular flexibility index (Phi) is 4.12. The summed E-state index contributed by atoms with van der Waals surface area (Å²) in [4.78, 5) is 0. The summed E-state index contributed by atoms with van der Waals surface area (Å²) >= 11 is 5.62. The highest BCUT2D eigenvalue weighted by molar-refractivity contribution is 6.16. The fourth-order valence-corrected chi connectivity index (χ4v) is 1.34. The molecule has 5 heteroatoms. The van der Waals surface area contributed by atoms with Gasteiger partial charge in [0.15, 0.2) is 0 Å². The van der Waals surface area contributed by atoms with Gasteiger partial charge in [0, 0.05) is 5.56 Å². The Bertz CT molecular complexity index is 425. The third kappa shape index (κ3) is 2.70. The van der Waals surface area contributed by atoms with Crippen LogP contribution < -0.4 is 0 Å². The average molecular weight is 247 g/mol. The molecule has 0 atom stereocenters. The van der Waals surface area contributed by atoms with E-state index in [9.17, 15) is 4.39 Å². The molecule has 1 aromatic carbocycles. The molecule has 0 unspecified atom stereocenters. The van der Waals surface area contributed by atoms with Crippen LogP contribution in [0.25, 0.3) is 11.3 Å². The van der Waals surface area contributed by atoms with Crippen molar-refractivity contribution in [2.24, 2.45) is 0 Å². The van der Waals surface area contributed by atoms with E-state index in [2.05, 4.69) is 10.2 Å². The number of H-pyrrole nitrogens is 1. The summed E-state index contributed by atoms with van der Waals surface area (Å²) in [6.45, 7) is 0. The first-order valence-electron chi connectivity index (χ1n) is 4.16. The number of rotatable bonds is 2. The Morgan fingerprint density at radius 2 is 1.93 bits per heavy atom. The normalized spacial score (nSPS) is 9.73. The maximum absolute atomic E-state index is 12.6. The fourth-order valence-electron chi connectivity index (χ4n) is 1.20. The maximum Gasteiger partial charge on any atom is 0.123 e. The first kappa shape index (κ1) is 12.0. The van der Waals surface area contributed by atoms with E-state index in [1.807, 2.05) is 6.07 Å². The number of benzene rings is 1. The van der Waals surface area contributed by atoms with E-state index in [1.165, 1.54) is 12.1 Å². The number of aromatic amines is 1. The highest BCUT2D eigenvalue weighted by atomic mass is 35.5. The lowest BCUT2D eigenvalue weighted by molar-refractivity contribution is 0.628. The Morgan fingerprint density at radius 1 is 1.27 bits per heavy atom. The minimum Gasteiger partial charge on any atom is -0.281 e. The molecule has 0 spiro atoms. The van der Waals surface area contributed by atoms with Gasteiger partial charge < -0.3 is 0 Å². The number of hydrogen-bond acceptors (Lipinski definition) is 1. The van der Waals surface area contributed by atoms with Crippen LogP contribution in [0.2, 0.25) is 0 Å². The Labute approximate surface area is 97.9 Å². The zero-order valence-electron chi connectivity index (χ0n) is 7.71. The summed E-state index contributed by atoms with van der Waals surface area (Å²) in [6, 6.07) is 8.03. The molecule has 0 radical (unpaired) electrons. The number of alkyl halides is 1. The molecule has 0 aliphatic rings. The third-order valence-electron chi connectivity index (χ3n) is 1.91. The van der Waals surface area contributed by atoms with Gasteiger partial charge in [-0.05, 0) is 30.3 Å².